The van der Waals surface area contributed by atoms with Crippen LogP contribution >= 0.6 is 0 Å². The molecule has 0 aliphatic rings. The molecular weight excluding hydrogens is 246 g/mol. The van der Waals surface area contributed by atoms with Crippen molar-refractivity contribution < 1.29 is 0 Å². The number of nitrogen functional groups attached to an aromatic ring is 1. The van der Waals surface area contributed by atoms with Crippen molar-refractivity contribution in [1.82, 2.24) is 9.97 Å². The SMILES string of the molecule is Cc1cccc(-c2nc(C(C)(C)C)nc(N)c2C)c1C. The second kappa shape index (κ2) is 4.89. The van der Waals surface area contributed by atoms with Crippen molar-refractivity contribution in [3.05, 3.63) is 40.7 Å². The van der Waals surface area contributed by atoms with E-state index in [2.05, 4.69) is 57.8 Å². The average Bonchev–Trinajstić information content (AvgIpc) is 2.35. The summed E-state index contributed by atoms with van der Waals surface area (Å²) >= 11 is 0. The lowest BCUT2D eigenvalue weighted by molar-refractivity contribution is 0.546. The number of rotatable bonds is 1. The van der Waals surface area contributed by atoms with Crippen LogP contribution in [0, 0.1) is 20.8 Å². The zero-order valence-corrected chi connectivity index (χ0v) is 13.2. The largest absolute Gasteiger partial charge is 0.383 e. The Morgan fingerprint density at radius 2 is 1.60 bits per heavy atom. The summed E-state index contributed by atoms with van der Waals surface area (Å²) < 4.78 is 0. The van der Waals surface area contributed by atoms with Crippen LogP contribution in [0.25, 0.3) is 11.3 Å². The Bertz CT molecular complexity index is 652. The van der Waals surface area contributed by atoms with Crippen molar-refractivity contribution in [1.29, 1.82) is 0 Å². The molecule has 2 N–H and O–H groups in total. The van der Waals surface area contributed by atoms with E-state index in [1.807, 2.05) is 6.92 Å². The van der Waals surface area contributed by atoms with Crippen LogP contribution in [0.5, 0.6) is 0 Å². The van der Waals surface area contributed by atoms with Crippen LogP contribution in [0.2, 0.25) is 0 Å². The lowest BCUT2D eigenvalue weighted by atomic mass is 9.94. The van der Waals surface area contributed by atoms with Gasteiger partial charge in [-0.15, -0.1) is 0 Å². The van der Waals surface area contributed by atoms with Gasteiger partial charge < -0.3 is 5.73 Å². The maximum absolute atomic E-state index is 6.09. The van der Waals surface area contributed by atoms with Crippen LogP contribution in [0.15, 0.2) is 18.2 Å². The molecule has 3 heteroatoms. The van der Waals surface area contributed by atoms with Crippen LogP contribution in [-0.2, 0) is 5.41 Å². The molecule has 0 aliphatic heterocycles. The third-order valence-corrected chi connectivity index (χ3v) is 3.71. The van der Waals surface area contributed by atoms with Gasteiger partial charge in [-0.05, 0) is 31.9 Å². The van der Waals surface area contributed by atoms with Crippen LogP contribution in [0.1, 0.15) is 43.3 Å². The molecule has 2 rings (SSSR count). The highest BCUT2D eigenvalue weighted by atomic mass is 15.0. The second-order valence-electron chi connectivity index (χ2n) is 6.40. The topological polar surface area (TPSA) is 51.8 Å². The molecule has 0 radical (unpaired) electrons. The van der Waals surface area contributed by atoms with Gasteiger partial charge in [0.1, 0.15) is 11.6 Å². The molecule has 1 heterocycles. The number of aryl methyl sites for hydroxylation is 1. The van der Waals surface area contributed by atoms with Crippen LogP contribution in [0.3, 0.4) is 0 Å². The fourth-order valence-corrected chi connectivity index (χ4v) is 2.14. The molecule has 0 amide bonds. The van der Waals surface area contributed by atoms with Gasteiger partial charge in [0.05, 0.1) is 5.69 Å². The van der Waals surface area contributed by atoms with Gasteiger partial charge in [0, 0.05) is 16.5 Å². The van der Waals surface area contributed by atoms with Crippen molar-refractivity contribution in [2.24, 2.45) is 0 Å². The van der Waals surface area contributed by atoms with Gasteiger partial charge in [-0.3, -0.25) is 0 Å². The van der Waals surface area contributed by atoms with Crippen molar-refractivity contribution in [2.45, 2.75) is 47.0 Å². The first-order valence-electron chi connectivity index (χ1n) is 6.93. The number of nitrogens with zero attached hydrogens (tertiary/aromatic N) is 2. The molecule has 1 aromatic carbocycles. The molecule has 0 bridgehead atoms. The number of nitrogens with two attached hydrogens (primary N) is 1. The van der Waals surface area contributed by atoms with Crippen LogP contribution in [0.4, 0.5) is 5.82 Å². The van der Waals surface area contributed by atoms with Gasteiger partial charge in [0.2, 0.25) is 0 Å². The Kier molecular flexibility index (Phi) is 3.55. The molecule has 0 aliphatic carbocycles. The monoisotopic (exact) mass is 269 g/mol. The van der Waals surface area contributed by atoms with Crippen molar-refractivity contribution in [3.63, 3.8) is 0 Å². The zero-order valence-electron chi connectivity index (χ0n) is 13.2. The zero-order chi connectivity index (χ0) is 15.1. The first-order chi connectivity index (χ1) is 9.21. The average molecular weight is 269 g/mol. The first kappa shape index (κ1) is 14.5. The number of hydrogen-bond acceptors (Lipinski definition) is 3. The predicted molar refractivity (Wildman–Crippen MR) is 84.8 cm³/mol. The molecule has 2 aromatic rings. The molecule has 106 valence electrons. The van der Waals surface area contributed by atoms with E-state index in [0.717, 1.165) is 22.6 Å². The normalized spacial score (nSPS) is 11.7. The molecule has 0 saturated heterocycles. The van der Waals surface area contributed by atoms with Gasteiger partial charge in [-0.1, -0.05) is 39.0 Å². The standard InChI is InChI=1S/C17H23N3/c1-10-8-7-9-13(11(10)2)14-12(3)15(18)20-16(19-14)17(4,5)6/h7-9H,1-6H3,(H2,18,19,20). The molecule has 0 spiro atoms. The highest BCUT2D eigenvalue weighted by Crippen LogP contribution is 2.31. The molecule has 0 fully saturated rings. The molecule has 0 saturated carbocycles. The van der Waals surface area contributed by atoms with Crippen molar-refractivity contribution in [2.75, 3.05) is 5.73 Å². The van der Waals surface area contributed by atoms with E-state index in [1.165, 1.54) is 11.1 Å². The van der Waals surface area contributed by atoms with E-state index in [9.17, 15) is 0 Å². The minimum absolute atomic E-state index is 0.117. The molecule has 0 unspecified atom stereocenters. The Labute approximate surface area is 121 Å². The van der Waals surface area contributed by atoms with Crippen molar-refractivity contribution >= 4 is 5.82 Å². The Morgan fingerprint density at radius 3 is 2.20 bits per heavy atom. The molecule has 1 aromatic heterocycles. The maximum Gasteiger partial charge on any atom is 0.136 e. The van der Waals surface area contributed by atoms with Gasteiger partial charge >= 0.3 is 0 Å². The van der Waals surface area contributed by atoms with Gasteiger partial charge in [-0.25, -0.2) is 9.97 Å². The third-order valence-electron chi connectivity index (χ3n) is 3.71. The number of hydrogen-bond donors (Lipinski definition) is 1. The third kappa shape index (κ3) is 2.53. The minimum Gasteiger partial charge on any atom is -0.383 e. The summed E-state index contributed by atoms with van der Waals surface area (Å²) in [6.07, 6.45) is 0. The fraction of sp³-hybridized carbons (Fsp3) is 0.412. The highest BCUT2D eigenvalue weighted by Gasteiger charge is 2.21. The van der Waals surface area contributed by atoms with Crippen LogP contribution < -0.4 is 5.73 Å². The van der Waals surface area contributed by atoms with Crippen LogP contribution in [-0.4, -0.2) is 9.97 Å². The number of benzene rings is 1. The summed E-state index contributed by atoms with van der Waals surface area (Å²) in [6, 6.07) is 6.28. The summed E-state index contributed by atoms with van der Waals surface area (Å²) in [7, 11) is 0. The summed E-state index contributed by atoms with van der Waals surface area (Å²) in [5, 5.41) is 0. The van der Waals surface area contributed by atoms with E-state index in [-0.39, 0.29) is 5.41 Å². The first-order valence-corrected chi connectivity index (χ1v) is 6.93. The predicted octanol–water partition coefficient (Wildman–Crippen LogP) is 3.95. The fourth-order valence-electron chi connectivity index (χ4n) is 2.14. The maximum atomic E-state index is 6.09. The molecule has 20 heavy (non-hydrogen) atoms. The Balaban J connectivity index is 2.74. The van der Waals surface area contributed by atoms with E-state index >= 15 is 0 Å². The van der Waals surface area contributed by atoms with E-state index in [0.29, 0.717) is 5.82 Å². The van der Waals surface area contributed by atoms with Gasteiger partial charge in [0.25, 0.3) is 0 Å². The van der Waals surface area contributed by atoms with E-state index < -0.39 is 0 Å². The van der Waals surface area contributed by atoms with Gasteiger partial charge in [-0.2, -0.15) is 0 Å². The summed E-state index contributed by atoms with van der Waals surface area (Å²) in [6.45, 7) is 12.5. The summed E-state index contributed by atoms with van der Waals surface area (Å²) in [5.74, 6) is 1.36. The summed E-state index contributed by atoms with van der Waals surface area (Å²) in [5.41, 5.74) is 11.5. The quantitative estimate of drug-likeness (QED) is 0.852. The van der Waals surface area contributed by atoms with Gasteiger partial charge in [0.15, 0.2) is 0 Å². The highest BCUT2D eigenvalue weighted by molar-refractivity contribution is 5.71. The molecular formula is C17H23N3. The minimum atomic E-state index is -0.117. The number of anilines is 1. The summed E-state index contributed by atoms with van der Waals surface area (Å²) in [4.78, 5) is 9.23. The van der Waals surface area contributed by atoms with E-state index in [1.54, 1.807) is 0 Å². The smallest absolute Gasteiger partial charge is 0.136 e. The lowest BCUT2D eigenvalue weighted by Crippen LogP contribution is -2.18. The van der Waals surface area contributed by atoms with Crippen molar-refractivity contribution in [3.8, 4) is 11.3 Å². The second-order valence-corrected chi connectivity index (χ2v) is 6.40. The molecule has 0 atom stereocenters. The number of aromatic nitrogens is 2. The molecule has 3 nitrogen and oxygen atoms in total. The Hall–Kier alpha value is -1.90. The Morgan fingerprint density at radius 1 is 0.950 bits per heavy atom. The van der Waals surface area contributed by atoms with E-state index in [4.69, 9.17) is 10.7 Å². The lowest BCUT2D eigenvalue weighted by Gasteiger charge is -2.20.